The van der Waals surface area contributed by atoms with Gasteiger partial charge in [0.05, 0.1) is 5.52 Å². The minimum Gasteiger partial charge on any atom is -0.354 e. The Balaban J connectivity index is 2.10. The maximum atomic E-state index is 3.60. The molecule has 0 amide bonds. The lowest BCUT2D eigenvalue weighted by atomic mass is 10.0. The van der Waals surface area contributed by atoms with Crippen molar-refractivity contribution in [3.8, 4) is 0 Å². The zero-order valence-electron chi connectivity index (χ0n) is 11.6. The van der Waals surface area contributed by atoms with Crippen LogP contribution in [0.15, 0.2) is 54.6 Å². The molecule has 5 aromatic rings. The van der Waals surface area contributed by atoms with Crippen LogP contribution in [0.25, 0.3) is 42.0 Å². The summed E-state index contributed by atoms with van der Waals surface area (Å²) in [7, 11) is 0. The van der Waals surface area contributed by atoms with E-state index >= 15 is 0 Å². The highest BCUT2D eigenvalue weighted by Crippen LogP contribution is 2.40. The van der Waals surface area contributed by atoms with Gasteiger partial charge in [-0.2, -0.15) is 0 Å². The van der Waals surface area contributed by atoms with Crippen molar-refractivity contribution < 1.29 is 0 Å². The maximum absolute atomic E-state index is 3.60. The molecule has 2 heterocycles. The summed E-state index contributed by atoms with van der Waals surface area (Å²) in [5.74, 6) is 0. The molecule has 2 aromatic heterocycles. The van der Waals surface area contributed by atoms with Crippen molar-refractivity contribution in [2.75, 3.05) is 0 Å². The molecule has 0 unspecified atom stereocenters. The number of fused-ring (bicyclic) bond motifs is 6. The fourth-order valence-electron chi connectivity index (χ4n) is 3.42. The van der Waals surface area contributed by atoms with E-state index in [9.17, 15) is 0 Å². The average molecular weight is 287 g/mol. The fourth-order valence-corrected chi connectivity index (χ4v) is 4.62. The van der Waals surface area contributed by atoms with Crippen LogP contribution in [0.5, 0.6) is 0 Å². The summed E-state index contributed by atoms with van der Waals surface area (Å²) in [4.78, 5) is 3.60. The number of thiophene rings is 1. The quantitative estimate of drug-likeness (QED) is 0.359. The Morgan fingerprint density at radius 2 is 1.57 bits per heavy atom. The molecular weight excluding hydrogens is 274 g/mol. The van der Waals surface area contributed by atoms with Gasteiger partial charge < -0.3 is 4.98 Å². The van der Waals surface area contributed by atoms with Crippen molar-refractivity contribution in [3.63, 3.8) is 0 Å². The molecule has 0 fully saturated rings. The van der Waals surface area contributed by atoms with E-state index in [-0.39, 0.29) is 0 Å². The van der Waals surface area contributed by atoms with Crippen LogP contribution >= 0.6 is 11.3 Å². The molecule has 0 aliphatic rings. The van der Waals surface area contributed by atoms with E-state index in [4.69, 9.17) is 0 Å². The largest absolute Gasteiger partial charge is 0.354 e. The van der Waals surface area contributed by atoms with Gasteiger partial charge in [0.25, 0.3) is 0 Å². The maximum Gasteiger partial charge on any atom is 0.0501 e. The SMILES string of the molecule is Cc1c2[nH]c3ccccc3c2cc2sc3ccccc3c12. The fraction of sp³-hybridized carbons (Fsp3) is 0.0526. The van der Waals surface area contributed by atoms with E-state index in [1.165, 1.54) is 47.5 Å². The van der Waals surface area contributed by atoms with E-state index in [2.05, 4.69) is 66.5 Å². The Morgan fingerprint density at radius 3 is 2.48 bits per heavy atom. The highest BCUT2D eigenvalue weighted by molar-refractivity contribution is 7.26. The summed E-state index contributed by atoms with van der Waals surface area (Å²) in [5.41, 5.74) is 3.85. The summed E-state index contributed by atoms with van der Waals surface area (Å²) in [6.07, 6.45) is 0. The second-order valence-corrected chi connectivity index (χ2v) is 6.65. The molecule has 0 spiro atoms. The smallest absolute Gasteiger partial charge is 0.0501 e. The van der Waals surface area contributed by atoms with Gasteiger partial charge in [-0.1, -0.05) is 36.4 Å². The molecule has 0 aliphatic carbocycles. The number of para-hydroxylation sites is 1. The topological polar surface area (TPSA) is 15.8 Å². The first-order valence-corrected chi connectivity index (χ1v) is 7.96. The Bertz CT molecular complexity index is 1140. The van der Waals surface area contributed by atoms with Gasteiger partial charge in [-0.3, -0.25) is 0 Å². The van der Waals surface area contributed by atoms with Crippen LogP contribution in [0, 0.1) is 6.92 Å². The summed E-state index contributed by atoms with van der Waals surface area (Å²) in [6.45, 7) is 2.24. The van der Waals surface area contributed by atoms with Crippen LogP contribution in [0.4, 0.5) is 0 Å². The Labute approximate surface area is 125 Å². The van der Waals surface area contributed by atoms with Crippen molar-refractivity contribution in [1.29, 1.82) is 0 Å². The van der Waals surface area contributed by atoms with Crippen molar-refractivity contribution in [2.24, 2.45) is 0 Å². The lowest BCUT2D eigenvalue weighted by molar-refractivity contribution is 1.49. The molecule has 100 valence electrons. The number of benzene rings is 3. The number of rotatable bonds is 0. The first kappa shape index (κ1) is 11.4. The van der Waals surface area contributed by atoms with Crippen LogP contribution in [-0.2, 0) is 0 Å². The van der Waals surface area contributed by atoms with Crippen LogP contribution in [-0.4, -0.2) is 4.98 Å². The van der Waals surface area contributed by atoms with Crippen molar-refractivity contribution >= 4 is 53.3 Å². The molecule has 5 rings (SSSR count). The van der Waals surface area contributed by atoms with Crippen LogP contribution in [0.3, 0.4) is 0 Å². The van der Waals surface area contributed by atoms with Crippen molar-refractivity contribution in [2.45, 2.75) is 6.92 Å². The zero-order chi connectivity index (χ0) is 14.0. The summed E-state index contributed by atoms with van der Waals surface area (Å²) in [6, 6.07) is 19.6. The third kappa shape index (κ3) is 1.40. The number of H-pyrrole nitrogens is 1. The minimum absolute atomic E-state index is 1.22. The molecule has 2 heteroatoms. The van der Waals surface area contributed by atoms with E-state index in [1.54, 1.807) is 0 Å². The molecular formula is C19H13NS. The van der Waals surface area contributed by atoms with Gasteiger partial charge in [0.1, 0.15) is 0 Å². The number of aromatic nitrogens is 1. The number of hydrogen-bond acceptors (Lipinski definition) is 1. The third-order valence-corrected chi connectivity index (χ3v) is 5.51. The molecule has 0 aliphatic heterocycles. The monoisotopic (exact) mass is 287 g/mol. The van der Waals surface area contributed by atoms with Gasteiger partial charge in [0.2, 0.25) is 0 Å². The second-order valence-electron chi connectivity index (χ2n) is 5.57. The number of nitrogens with one attached hydrogen (secondary N) is 1. The van der Waals surface area contributed by atoms with Gasteiger partial charge in [-0.15, -0.1) is 11.3 Å². The number of hydrogen-bond donors (Lipinski definition) is 1. The van der Waals surface area contributed by atoms with Crippen molar-refractivity contribution in [1.82, 2.24) is 4.98 Å². The first-order chi connectivity index (χ1) is 10.3. The Hall–Kier alpha value is -2.32. The predicted octanol–water partition coefficient (Wildman–Crippen LogP) is 6.00. The molecule has 1 N–H and O–H groups in total. The molecule has 0 saturated heterocycles. The standard InChI is InChI=1S/C19H13NS/c1-11-18-13-7-3-5-9-16(13)21-17(18)10-14-12-6-2-4-8-15(12)20-19(11)14/h2-10,20H,1H3. The number of aryl methyl sites for hydroxylation is 1. The zero-order valence-corrected chi connectivity index (χ0v) is 12.4. The van der Waals surface area contributed by atoms with Crippen molar-refractivity contribution in [3.05, 3.63) is 60.2 Å². The summed E-state index contributed by atoms with van der Waals surface area (Å²) < 4.78 is 2.75. The Kier molecular flexibility index (Phi) is 2.09. The molecule has 0 radical (unpaired) electrons. The average Bonchev–Trinajstić information content (AvgIpc) is 3.06. The van der Waals surface area contributed by atoms with Gasteiger partial charge >= 0.3 is 0 Å². The second kappa shape index (κ2) is 3.86. The molecule has 0 saturated carbocycles. The first-order valence-electron chi connectivity index (χ1n) is 7.14. The molecule has 21 heavy (non-hydrogen) atoms. The predicted molar refractivity (Wildman–Crippen MR) is 93.4 cm³/mol. The molecule has 0 atom stereocenters. The lowest BCUT2D eigenvalue weighted by Gasteiger charge is -2.00. The van der Waals surface area contributed by atoms with E-state index in [0.717, 1.165) is 0 Å². The molecule has 0 bridgehead atoms. The van der Waals surface area contributed by atoms with Gasteiger partial charge in [0, 0.05) is 36.5 Å². The third-order valence-electron chi connectivity index (χ3n) is 4.39. The van der Waals surface area contributed by atoms with Gasteiger partial charge in [0.15, 0.2) is 0 Å². The van der Waals surface area contributed by atoms with Crippen LogP contribution in [0.2, 0.25) is 0 Å². The van der Waals surface area contributed by atoms with E-state index < -0.39 is 0 Å². The highest BCUT2D eigenvalue weighted by atomic mass is 32.1. The minimum atomic E-state index is 1.22. The van der Waals surface area contributed by atoms with Crippen LogP contribution < -0.4 is 0 Å². The van der Waals surface area contributed by atoms with E-state index in [1.807, 2.05) is 11.3 Å². The van der Waals surface area contributed by atoms with Gasteiger partial charge in [-0.05, 0) is 30.7 Å². The molecule has 3 aromatic carbocycles. The summed E-state index contributed by atoms with van der Waals surface area (Å²) in [5, 5.41) is 5.42. The highest BCUT2D eigenvalue weighted by Gasteiger charge is 2.13. The molecule has 1 nitrogen and oxygen atoms in total. The Morgan fingerprint density at radius 1 is 0.810 bits per heavy atom. The summed E-state index contributed by atoms with van der Waals surface area (Å²) >= 11 is 1.89. The lowest BCUT2D eigenvalue weighted by Crippen LogP contribution is -1.78. The van der Waals surface area contributed by atoms with Crippen LogP contribution in [0.1, 0.15) is 5.56 Å². The number of aromatic amines is 1. The van der Waals surface area contributed by atoms with Gasteiger partial charge in [-0.25, -0.2) is 0 Å². The van der Waals surface area contributed by atoms with E-state index in [0.29, 0.717) is 0 Å². The normalized spacial score (nSPS) is 12.0.